The second-order valence-corrected chi connectivity index (χ2v) is 3.61. The molecule has 0 saturated heterocycles. The third-order valence-corrected chi connectivity index (χ3v) is 2.29. The van der Waals surface area contributed by atoms with Crippen molar-refractivity contribution in [3.63, 3.8) is 0 Å². The normalized spacial score (nSPS) is 18.7. The van der Waals surface area contributed by atoms with Gasteiger partial charge >= 0.3 is 12.0 Å². The molecule has 5 N–H and O–H groups in total. The number of hydrogen-bond acceptors (Lipinski definition) is 3. The zero-order valence-electron chi connectivity index (χ0n) is 8.24. The minimum Gasteiger partial charge on any atom is -0.480 e. The number of rotatable bonds is 4. The first kappa shape index (κ1) is 11.3. The standard InChI is InChI=1S/C8H13N3O4/c1-4(5(9)12)10-7(15)11-8(2-3-8)6(13)14/h4H,2-3H2,1H3,(H2,9,12)(H,13,14)(H2,10,11,15). The van der Waals surface area contributed by atoms with Gasteiger partial charge in [0, 0.05) is 0 Å². The summed E-state index contributed by atoms with van der Waals surface area (Å²) in [5, 5.41) is 13.3. The van der Waals surface area contributed by atoms with Gasteiger partial charge in [-0.25, -0.2) is 9.59 Å². The summed E-state index contributed by atoms with van der Waals surface area (Å²) in [7, 11) is 0. The van der Waals surface area contributed by atoms with Crippen LogP contribution in [0, 0.1) is 0 Å². The highest BCUT2D eigenvalue weighted by atomic mass is 16.4. The van der Waals surface area contributed by atoms with E-state index in [-0.39, 0.29) is 0 Å². The number of nitrogens with two attached hydrogens (primary N) is 1. The average molecular weight is 215 g/mol. The number of amides is 3. The third kappa shape index (κ3) is 2.58. The highest BCUT2D eigenvalue weighted by Crippen LogP contribution is 2.35. The third-order valence-electron chi connectivity index (χ3n) is 2.29. The van der Waals surface area contributed by atoms with Gasteiger partial charge in [0.05, 0.1) is 0 Å². The van der Waals surface area contributed by atoms with E-state index in [0.29, 0.717) is 12.8 Å². The topological polar surface area (TPSA) is 122 Å². The first-order chi connectivity index (χ1) is 6.87. The molecule has 0 spiro atoms. The molecule has 1 aliphatic carbocycles. The molecule has 0 aromatic carbocycles. The second-order valence-electron chi connectivity index (χ2n) is 3.61. The Labute approximate surface area is 86.0 Å². The van der Waals surface area contributed by atoms with Gasteiger partial charge in [0.25, 0.3) is 0 Å². The van der Waals surface area contributed by atoms with Gasteiger partial charge in [0.15, 0.2) is 0 Å². The van der Waals surface area contributed by atoms with Gasteiger partial charge in [0.1, 0.15) is 11.6 Å². The van der Waals surface area contributed by atoms with E-state index in [9.17, 15) is 14.4 Å². The maximum atomic E-state index is 11.2. The Bertz CT molecular complexity index is 311. The molecule has 0 aliphatic heterocycles. The van der Waals surface area contributed by atoms with Crippen molar-refractivity contribution >= 4 is 17.9 Å². The lowest BCUT2D eigenvalue weighted by molar-refractivity contribution is -0.140. The monoisotopic (exact) mass is 215 g/mol. The molecular weight excluding hydrogens is 202 g/mol. The Hall–Kier alpha value is -1.79. The van der Waals surface area contributed by atoms with Crippen molar-refractivity contribution in [3.8, 4) is 0 Å². The van der Waals surface area contributed by atoms with Gasteiger partial charge in [-0.1, -0.05) is 0 Å². The first-order valence-corrected chi connectivity index (χ1v) is 4.49. The van der Waals surface area contributed by atoms with Crippen LogP contribution in [0.2, 0.25) is 0 Å². The Morgan fingerprint density at radius 3 is 2.27 bits per heavy atom. The largest absolute Gasteiger partial charge is 0.480 e. The van der Waals surface area contributed by atoms with Crippen molar-refractivity contribution in [1.82, 2.24) is 10.6 Å². The number of urea groups is 1. The highest BCUT2D eigenvalue weighted by Gasteiger charge is 2.51. The fourth-order valence-electron chi connectivity index (χ4n) is 1.04. The van der Waals surface area contributed by atoms with Gasteiger partial charge in [0.2, 0.25) is 5.91 Å². The zero-order chi connectivity index (χ0) is 11.6. The number of primary amides is 1. The lowest BCUT2D eigenvalue weighted by atomic mass is 10.3. The van der Waals surface area contributed by atoms with E-state index in [1.54, 1.807) is 0 Å². The smallest absolute Gasteiger partial charge is 0.329 e. The van der Waals surface area contributed by atoms with Crippen LogP contribution in [-0.4, -0.2) is 34.6 Å². The molecule has 1 saturated carbocycles. The summed E-state index contributed by atoms with van der Waals surface area (Å²) in [6, 6.07) is -1.52. The summed E-state index contributed by atoms with van der Waals surface area (Å²) >= 11 is 0. The summed E-state index contributed by atoms with van der Waals surface area (Å²) in [6.07, 6.45) is 0.807. The maximum Gasteiger partial charge on any atom is 0.329 e. The predicted octanol–water partition coefficient (Wildman–Crippen LogP) is -1.22. The quantitative estimate of drug-likeness (QED) is 0.469. The van der Waals surface area contributed by atoms with Crippen LogP contribution in [0.15, 0.2) is 0 Å². The van der Waals surface area contributed by atoms with Gasteiger partial charge in [-0.2, -0.15) is 0 Å². The van der Waals surface area contributed by atoms with Crippen LogP contribution in [0.1, 0.15) is 19.8 Å². The van der Waals surface area contributed by atoms with Crippen molar-refractivity contribution in [3.05, 3.63) is 0 Å². The molecule has 1 aliphatic rings. The number of hydrogen-bond donors (Lipinski definition) is 4. The molecule has 1 fully saturated rings. The molecule has 0 bridgehead atoms. The van der Waals surface area contributed by atoms with E-state index in [0.717, 1.165) is 0 Å². The SMILES string of the molecule is CC(NC(=O)NC1(C(=O)O)CC1)C(N)=O. The molecule has 0 aromatic heterocycles. The lowest BCUT2D eigenvalue weighted by Crippen LogP contribution is -2.52. The van der Waals surface area contributed by atoms with Crippen LogP contribution in [0.5, 0.6) is 0 Å². The molecule has 1 unspecified atom stereocenters. The number of carbonyl (C=O) groups is 3. The Morgan fingerprint density at radius 1 is 1.40 bits per heavy atom. The minimum absolute atomic E-state index is 0.403. The van der Waals surface area contributed by atoms with Gasteiger partial charge in [-0.15, -0.1) is 0 Å². The summed E-state index contributed by atoms with van der Waals surface area (Å²) < 4.78 is 0. The first-order valence-electron chi connectivity index (χ1n) is 4.49. The van der Waals surface area contributed by atoms with E-state index in [2.05, 4.69) is 10.6 Å². The molecule has 0 radical (unpaired) electrons. The molecule has 0 aromatic rings. The van der Waals surface area contributed by atoms with Crippen molar-refractivity contribution < 1.29 is 19.5 Å². The second kappa shape index (κ2) is 3.76. The summed E-state index contributed by atoms with van der Waals surface area (Å²) in [5.74, 6) is -1.74. The number of nitrogens with one attached hydrogen (secondary N) is 2. The van der Waals surface area contributed by atoms with Crippen molar-refractivity contribution in [2.45, 2.75) is 31.3 Å². The summed E-state index contributed by atoms with van der Waals surface area (Å²) in [6.45, 7) is 1.42. The molecule has 3 amide bonds. The van der Waals surface area contributed by atoms with Crippen molar-refractivity contribution in [2.24, 2.45) is 5.73 Å². The number of carbonyl (C=O) groups excluding carboxylic acids is 2. The number of carboxylic acid groups (broad SMARTS) is 1. The van der Waals surface area contributed by atoms with E-state index in [4.69, 9.17) is 10.8 Å². The number of carboxylic acids is 1. The van der Waals surface area contributed by atoms with Gasteiger partial charge < -0.3 is 21.5 Å². The van der Waals surface area contributed by atoms with Crippen LogP contribution < -0.4 is 16.4 Å². The van der Waals surface area contributed by atoms with Crippen molar-refractivity contribution in [2.75, 3.05) is 0 Å². The zero-order valence-corrected chi connectivity index (χ0v) is 8.24. The van der Waals surface area contributed by atoms with Crippen LogP contribution in [0.25, 0.3) is 0 Å². The molecule has 1 atom stereocenters. The Kier molecular flexibility index (Phi) is 2.83. The summed E-state index contributed by atoms with van der Waals surface area (Å²) in [4.78, 5) is 32.5. The van der Waals surface area contributed by atoms with Gasteiger partial charge in [-0.05, 0) is 19.8 Å². The lowest BCUT2D eigenvalue weighted by Gasteiger charge is -2.15. The molecule has 15 heavy (non-hydrogen) atoms. The minimum atomic E-state index is -1.15. The molecule has 1 rings (SSSR count). The molecular formula is C8H13N3O4. The van der Waals surface area contributed by atoms with Crippen LogP contribution >= 0.6 is 0 Å². The average Bonchev–Trinajstić information content (AvgIpc) is 2.84. The molecule has 7 nitrogen and oxygen atoms in total. The fourth-order valence-corrected chi connectivity index (χ4v) is 1.04. The van der Waals surface area contributed by atoms with E-state index in [1.807, 2.05) is 0 Å². The van der Waals surface area contributed by atoms with Crippen LogP contribution in [0.3, 0.4) is 0 Å². The number of aliphatic carboxylic acids is 1. The molecule has 7 heteroatoms. The predicted molar refractivity (Wildman–Crippen MR) is 49.9 cm³/mol. The molecule has 84 valence electrons. The molecule has 0 heterocycles. The highest BCUT2D eigenvalue weighted by molar-refractivity contribution is 5.91. The maximum absolute atomic E-state index is 11.2. The Balaban J connectivity index is 2.43. The fraction of sp³-hybridized carbons (Fsp3) is 0.625. The van der Waals surface area contributed by atoms with Crippen LogP contribution in [-0.2, 0) is 9.59 Å². The van der Waals surface area contributed by atoms with Crippen LogP contribution in [0.4, 0.5) is 4.79 Å². The summed E-state index contributed by atoms with van der Waals surface area (Å²) in [5.41, 5.74) is 3.77. The van der Waals surface area contributed by atoms with Gasteiger partial charge in [-0.3, -0.25) is 4.79 Å². The van der Waals surface area contributed by atoms with E-state index >= 15 is 0 Å². The Morgan fingerprint density at radius 2 is 1.93 bits per heavy atom. The van der Waals surface area contributed by atoms with E-state index in [1.165, 1.54) is 6.92 Å². The van der Waals surface area contributed by atoms with Crippen molar-refractivity contribution in [1.29, 1.82) is 0 Å². The van der Waals surface area contributed by atoms with E-state index < -0.39 is 29.5 Å².